The Bertz CT molecular complexity index is 506. The lowest BCUT2D eigenvalue weighted by Gasteiger charge is -2.61. The largest absolute Gasteiger partial charge is 0.0628 e. The van der Waals surface area contributed by atoms with E-state index < -0.39 is 0 Å². The highest BCUT2D eigenvalue weighted by molar-refractivity contribution is 5.09. The quantitative estimate of drug-likeness (QED) is 0.453. The zero-order valence-electron chi connectivity index (χ0n) is 19.2. The summed E-state index contributed by atoms with van der Waals surface area (Å²) in [6.45, 7) is 12.9. The Hall–Kier alpha value is 0. The number of rotatable bonds is 5. The van der Waals surface area contributed by atoms with E-state index in [1.54, 1.807) is 51.4 Å². The van der Waals surface area contributed by atoms with Gasteiger partial charge in [0.1, 0.15) is 0 Å². The predicted molar refractivity (Wildman–Crippen MR) is 118 cm³/mol. The van der Waals surface area contributed by atoms with Crippen molar-refractivity contribution in [1.29, 1.82) is 0 Å². The van der Waals surface area contributed by atoms with Crippen molar-refractivity contribution in [2.24, 2.45) is 52.3 Å². The Morgan fingerprint density at radius 3 is 2.30 bits per heavy atom. The topological polar surface area (TPSA) is 0 Å². The van der Waals surface area contributed by atoms with Crippen LogP contribution in [0, 0.1) is 52.3 Å². The van der Waals surface area contributed by atoms with Crippen LogP contribution in [0.4, 0.5) is 0 Å². The summed E-state index contributed by atoms with van der Waals surface area (Å²) in [5, 5.41) is 0. The first-order valence-corrected chi connectivity index (χ1v) is 12.9. The van der Waals surface area contributed by atoms with Gasteiger partial charge in [-0.2, -0.15) is 0 Å². The average molecular weight is 373 g/mol. The number of fused-ring (bicyclic) bond motifs is 5. The molecular weight excluding hydrogens is 324 g/mol. The van der Waals surface area contributed by atoms with E-state index >= 15 is 0 Å². The van der Waals surface area contributed by atoms with Gasteiger partial charge in [0, 0.05) is 0 Å². The van der Waals surface area contributed by atoms with Crippen molar-refractivity contribution in [2.75, 3.05) is 0 Å². The van der Waals surface area contributed by atoms with E-state index in [9.17, 15) is 0 Å². The molecule has 8 atom stereocenters. The fourth-order valence-corrected chi connectivity index (χ4v) is 9.32. The van der Waals surface area contributed by atoms with Crippen LogP contribution in [0.5, 0.6) is 0 Å². The first-order chi connectivity index (χ1) is 12.9. The van der Waals surface area contributed by atoms with Crippen molar-refractivity contribution in [3.63, 3.8) is 0 Å². The van der Waals surface area contributed by atoms with Gasteiger partial charge < -0.3 is 0 Å². The van der Waals surface area contributed by atoms with E-state index in [1.807, 2.05) is 0 Å². The Labute approximate surface area is 170 Å². The minimum Gasteiger partial charge on any atom is -0.0628 e. The Morgan fingerprint density at radius 2 is 1.52 bits per heavy atom. The molecule has 0 heterocycles. The van der Waals surface area contributed by atoms with Gasteiger partial charge in [-0.25, -0.2) is 0 Å². The van der Waals surface area contributed by atoms with Crippen LogP contribution < -0.4 is 0 Å². The van der Waals surface area contributed by atoms with Crippen molar-refractivity contribution < 1.29 is 0 Å². The molecule has 0 radical (unpaired) electrons. The standard InChI is InChI=1S/C27H48/c1-19(2)9-8-10-20(3)23-14-15-24-22-13-12-21-11-6-7-17-26(21,4)25(22)16-18-27(23,24)5/h19-25H,6-18H2,1-5H3/t20-,21?,22?,23?,24?,25?,26+,27+/m1/s1. The molecule has 5 unspecified atom stereocenters. The Balaban J connectivity index is 1.46. The minimum atomic E-state index is 0.677. The van der Waals surface area contributed by atoms with Crippen LogP contribution in [0.15, 0.2) is 0 Å². The third-order valence-electron chi connectivity index (χ3n) is 10.8. The minimum absolute atomic E-state index is 0.677. The second kappa shape index (κ2) is 7.68. The Morgan fingerprint density at radius 1 is 0.741 bits per heavy atom. The SMILES string of the molecule is CC(C)CCC[C@@H](C)C1CCC2C3CCC4CCCC[C@]4(C)C3CC[C@]21C. The van der Waals surface area contributed by atoms with Gasteiger partial charge in [0.2, 0.25) is 0 Å². The second-order valence-corrected chi connectivity index (χ2v) is 12.4. The maximum Gasteiger partial charge on any atom is -0.0264 e. The lowest BCUT2D eigenvalue weighted by Crippen LogP contribution is -2.53. The third-order valence-corrected chi connectivity index (χ3v) is 10.8. The molecule has 0 amide bonds. The number of hydrogen-bond donors (Lipinski definition) is 0. The summed E-state index contributed by atoms with van der Waals surface area (Å²) in [5.41, 5.74) is 1.39. The fraction of sp³-hybridized carbons (Fsp3) is 1.00. The number of hydrogen-bond acceptors (Lipinski definition) is 0. The highest BCUT2D eigenvalue weighted by Crippen LogP contribution is 2.68. The van der Waals surface area contributed by atoms with Crippen molar-refractivity contribution >= 4 is 0 Å². The van der Waals surface area contributed by atoms with Crippen LogP contribution in [0.1, 0.15) is 118 Å². The molecule has 0 nitrogen and oxygen atoms in total. The molecule has 0 heteroatoms. The van der Waals surface area contributed by atoms with Crippen LogP contribution >= 0.6 is 0 Å². The van der Waals surface area contributed by atoms with Crippen LogP contribution in [-0.4, -0.2) is 0 Å². The van der Waals surface area contributed by atoms with E-state index in [1.165, 1.54) is 32.1 Å². The second-order valence-electron chi connectivity index (χ2n) is 12.4. The monoisotopic (exact) mass is 372 g/mol. The first-order valence-electron chi connectivity index (χ1n) is 12.9. The highest BCUT2D eigenvalue weighted by atomic mass is 14.6. The summed E-state index contributed by atoms with van der Waals surface area (Å²) in [6.07, 6.45) is 19.9. The smallest absolute Gasteiger partial charge is 0.0264 e. The van der Waals surface area contributed by atoms with E-state index in [0.717, 1.165) is 41.4 Å². The van der Waals surface area contributed by atoms with Crippen molar-refractivity contribution in [3.05, 3.63) is 0 Å². The van der Waals surface area contributed by atoms with Gasteiger partial charge in [-0.1, -0.05) is 66.7 Å². The average Bonchev–Trinajstić information content (AvgIpc) is 2.98. The van der Waals surface area contributed by atoms with Gasteiger partial charge in [-0.15, -0.1) is 0 Å². The summed E-state index contributed by atoms with van der Waals surface area (Å²) in [4.78, 5) is 0. The zero-order valence-corrected chi connectivity index (χ0v) is 19.2. The Kier molecular flexibility index (Phi) is 5.77. The lowest BCUT2D eigenvalue weighted by molar-refractivity contribution is -0.114. The molecule has 4 rings (SSSR count). The normalized spacial score (nSPS) is 48.0. The van der Waals surface area contributed by atoms with E-state index in [2.05, 4.69) is 34.6 Å². The summed E-state index contributed by atoms with van der Waals surface area (Å²) < 4.78 is 0. The molecule has 4 saturated carbocycles. The molecule has 156 valence electrons. The summed E-state index contributed by atoms with van der Waals surface area (Å²) >= 11 is 0. The third kappa shape index (κ3) is 3.44. The molecule has 0 aromatic rings. The predicted octanol–water partition coefficient (Wildman–Crippen LogP) is 8.50. The zero-order chi connectivity index (χ0) is 19.2. The molecule has 0 N–H and O–H groups in total. The lowest BCUT2D eigenvalue weighted by atomic mass is 9.44. The van der Waals surface area contributed by atoms with Gasteiger partial charge in [0.05, 0.1) is 0 Å². The molecule has 27 heavy (non-hydrogen) atoms. The molecule has 0 bridgehead atoms. The van der Waals surface area contributed by atoms with Crippen LogP contribution in [-0.2, 0) is 0 Å². The van der Waals surface area contributed by atoms with Gasteiger partial charge >= 0.3 is 0 Å². The fourth-order valence-electron chi connectivity index (χ4n) is 9.32. The molecule has 0 saturated heterocycles. The van der Waals surface area contributed by atoms with Crippen LogP contribution in [0.2, 0.25) is 0 Å². The molecule has 0 aliphatic heterocycles. The van der Waals surface area contributed by atoms with E-state index in [-0.39, 0.29) is 0 Å². The molecule has 0 aromatic heterocycles. The van der Waals surface area contributed by atoms with Crippen molar-refractivity contribution in [2.45, 2.75) is 118 Å². The van der Waals surface area contributed by atoms with Gasteiger partial charge in [0.25, 0.3) is 0 Å². The summed E-state index contributed by atoms with van der Waals surface area (Å²) in [5.74, 6) is 7.15. The first kappa shape index (κ1) is 20.3. The maximum absolute atomic E-state index is 2.75. The molecule has 4 fully saturated rings. The van der Waals surface area contributed by atoms with Crippen molar-refractivity contribution in [3.8, 4) is 0 Å². The molecule has 0 aromatic carbocycles. The van der Waals surface area contributed by atoms with Crippen molar-refractivity contribution in [1.82, 2.24) is 0 Å². The summed E-state index contributed by atoms with van der Waals surface area (Å²) in [6, 6.07) is 0. The van der Waals surface area contributed by atoms with Gasteiger partial charge in [-0.3, -0.25) is 0 Å². The van der Waals surface area contributed by atoms with Crippen LogP contribution in [0.25, 0.3) is 0 Å². The highest BCUT2D eigenvalue weighted by Gasteiger charge is 2.59. The van der Waals surface area contributed by atoms with Crippen LogP contribution in [0.3, 0.4) is 0 Å². The van der Waals surface area contributed by atoms with Gasteiger partial charge in [0.15, 0.2) is 0 Å². The van der Waals surface area contributed by atoms with E-state index in [4.69, 9.17) is 0 Å². The van der Waals surface area contributed by atoms with Gasteiger partial charge in [-0.05, 0) is 104 Å². The maximum atomic E-state index is 2.75. The molecule has 4 aliphatic carbocycles. The van der Waals surface area contributed by atoms with E-state index in [0.29, 0.717) is 10.8 Å². The molecule has 4 aliphatic rings. The summed E-state index contributed by atoms with van der Waals surface area (Å²) in [7, 11) is 0. The molecule has 0 spiro atoms. The molecular formula is C27H48.